The first-order chi connectivity index (χ1) is 8.20. The molecule has 0 saturated heterocycles. The smallest absolute Gasteiger partial charge is 0.374 e. The molecule has 6 heteroatoms. The number of hydrogen-bond acceptors (Lipinski definition) is 5. The minimum atomic E-state index is -2.73. The fraction of sp³-hybridized carbons (Fsp3) is 0.909. The van der Waals surface area contributed by atoms with Gasteiger partial charge < -0.3 is 13.3 Å². The molecule has 0 aromatic carbocycles. The van der Waals surface area contributed by atoms with Crippen molar-refractivity contribution < 1.29 is 18.1 Å². The molecule has 0 bridgehead atoms. The van der Waals surface area contributed by atoms with E-state index in [2.05, 4.69) is 4.99 Å². The average Bonchev–Trinajstić information content (AvgIpc) is 2.31. The molecular weight excluding hydrogens is 238 g/mol. The first-order valence-electron chi connectivity index (χ1n) is 6.16. The van der Waals surface area contributed by atoms with Crippen LogP contribution in [0.25, 0.3) is 0 Å². The van der Waals surface area contributed by atoms with Crippen LogP contribution >= 0.6 is 0 Å². The molecule has 0 N–H and O–H groups in total. The van der Waals surface area contributed by atoms with Crippen molar-refractivity contribution in [1.29, 1.82) is 0 Å². The molecule has 0 aromatic rings. The van der Waals surface area contributed by atoms with E-state index in [1.165, 1.54) is 0 Å². The van der Waals surface area contributed by atoms with E-state index in [1.807, 2.05) is 27.7 Å². The Bertz CT molecular complexity index is 227. The average molecular weight is 261 g/mol. The second kappa shape index (κ2) is 9.50. The number of hydrogen-bond donors (Lipinski definition) is 0. The van der Waals surface area contributed by atoms with Crippen LogP contribution in [0.15, 0.2) is 4.99 Å². The number of nitrogens with zero attached hydrogens (tertiary/aromatic N) is 1. The highest BCUT2D eigenvalue weighted by Gasteiger charge is 2.48. The van der Waals surface area contributed by atoms with Crippen LogP contribution < -0.4 is 0 Å². The van der Waals surface area contributed by atoms with Gasteiger partial charge in [0.05, 0.1) is 6.54 Å². The zero-order valence-electron chi connectivity index (χ0n) is 11.2. The summed E-state index contributed by atoms with van der Waals surface area (Å²) in [5.41, 5.74) is 0.0174. The summed E-state index contributed by atoms with van der Waals surface area (Å²) in [5, 5.41) is 0. The predicted octanol–water partition coefficient (Wildman–Crippen LogP) is 2.15. The molecule has 0 spiro atoms. The Kier molecular flexibility index (Phi) is 9.21. The Morgan fingerprint density at radius 3 is 1.82 bits per heavy atom. The maximum absolute atomic E-state index is 10.2. The first kappa shape index (κ1) is 16.5. The highest BCUT2D eigenvalue weighted by Crippen LogP contribution is 2.29. The van der Waals surface area contributed by atoms with Crippen LogP contribution in [0.5, 0.6) is 0 Å². The summed E-state index contributed by atoms with van der Waals surface area (Å²) in [5.74, 6) is 0. The monoisotopic (exact) mass is 261 g/mol. The molecule has 17 heavy (non-hydrogen) atoms. The van der Waals surface area contributed by atoms with Crippen LogP contribution in [0.3, 0.4) is 0 Å². The lowest BCUT2D eigenvalue weighted by molar-refractivity contribution is 0.0611. The second-order valence-corrected chi connectivity index (χ2v) is 6.33. The highest BCUT2D eigenvalue weighted by atomic mass is 28.4. The lowest BCUT2D eigenvalue weighted by Crippen LogP contribution is -2.51. The molecule has 1 unspecified atom stereocenters. The molecule has 0 fully saturated rings. The molecule has 0 rings (SSSR count). The van der Waals surface area contributed by atoms with Gasteiger partial charge in [0.1, 0.15) is 0 Å². The molecule has 0 radical (unpaired) electrons. The van der Waals surface area contributed by atoms with Crippen LogP contribution in [0.1, 0.15) is 34.1 Å². The third kappa shape index (κ3) is 5.10. The van der Waals surface area contributed by atoms with Crippen LogP contribution in [-0.2, 0) is 18.1 Å². The van der Waals surface area contributed by atoms with E-state index < -0.39 is 8.80 Å². The zero-order chi connectivity index (χ0) is 13.1. The standard InChI is InChI=1S/C11H23NO4Si/c1-5-11(9-12-10-13)17(14-6-2,15-7-3)16-8-4/h11H,5-9H2,1-4H3. The third-order valence-corrected chi connectivity index (χ3v) is 6.07. The molecule has 1 atom stereocenters. The Morgan fingerprint density at radius 1 is 1.06 bits per heavy atom. The van der Waals surface area contributed by atoms with Gasteiger partial charge >= 0.3 is 8.80 Å². The van der Waals surface area contributed by atoms with Gasteiger partial charge in [0.25, 0.3) is 0 Å². The van der Waals surface area contributed by atoms with Gasteiger partial charge in [-0.15, -0.1) is 0 Å². The molecule has 0 saturated carbocycles. The van der Waals surface area contributed by atoms with Crippen LogP contribution in [0.4, 0.5) is 0 Å². The van der Waals surface area contributed by atoms with Crippen molar-refractivity contribution in [3.63, 3.8) is 0 Å². The molecule has 0 aliphatic carbocycles. The molecule has 0 aliphatic heterocycles. The van der Waals surface area contributed by atoms with Crippen molar-refractivity contribution in [3.05, 3.63) is 0 Å². The van der Waals surface area contributed by atoms with Gasteiger partial charge in [-0.3, -0.25) is 0 Å². The van der Waals surface area contributed by atoms with Crippen molar-refractivity contribution in [1.82, 2.24) is 0 Å². The first-order valence-corrected chi connectivity index (χ1v) is 7.96. The Balaban J connectivity index is 4.95. The van der Waals surface area contributed by atoms with E-state index in [9.17, 15) is 4.79 Å². The van der Waals surface area contributed by atoms with Crippen molar-refractivity contribution in [3.8, 4) is 0 Å². The molecular formula is C11H23NO4Si. The lowest BCUT2D eigenvalue weighted by Gasteiger charge is -2.33. The van der Waals surface area contributed by atoms with Crippen molar-refractivity contribution >= 4 is 14.9 Å². The second-order valence-electron chi connectivity index (χ2n) is 3.44. The van der Waals surface area contributed by atoms with E-state index >= 15 is 0 Å². The Morgan fingerprint density at radius 2 is 1.53 bits per heavy atom. The lowest BCUT2D eigenvalue weighted by atomic mass is 10.3. The largest absolute Gasteiger partial charge is 0.506 e. The summed E-state index contributed by atoms with van der Waals surface area (Å²) in [7, 11) is -2.73. The van der Waals surface area contributed by atoms with Crippen LogP contribution in [0.2, 0.25) is 5.54 Å². The predicted molar refractivity (Wildman–Crippen MR) is 67.7 cm³/mol. The summed E-state index contributed by atoms with van der Waals surface area (Å²) in [6.45, 7) is 9.71. The van der Waals surface area contributed by atoms with Gasteiger partial charge in [-0.2, -0.15) is 0 Å². The summed E-state index contributed by atoms with van der Waals surface area (Å²) in [4.78, 5) is 13.9. The van der Waals surface area contributed by atoms with Gasteiger partial charge in [0.15, 0.2) is 0 Å². The Hall–Kier alpha value is -0.523. The SMILES string of the molecule is CCO[Si](OCC)(OCC)C(CC)CN=C=O. The van der Waals surface area contributed by atoms with E-state index in [0.717, 1.165) is 6.42 Å². The summed E-state index contributed by atoms with van der Waals surface area (Å²) in [6.07, 6.45) is 2.36. The summed E-state index contributed by atoms with van der Waals surface area (Å²) in [6, 6.07) is 0. The maximum Gasteiger partial charge on any atom is 0.506 e. The molecule has 0 heterocycles. The quantitative estimate of drug-likeness (QED) is 0.343. The summed E-state index contributed by atoms with van der Waals surface area (Å²) >= 11 is 0. The minimum Gasteiger partial charge on any atom is -0.374 e. The van der Waals surface area contributed by atoms with Gasteiger partial charge in [-0.05, 0) is 27.2 Å². The fourth-order valence-corrected chi connectivity index (χ4v) is 4.70. The summed E-state index contributed by atoms with van der Waals surface area (Å²) < 4.78 is 17.3. The van der Waals surface area contributed by atoms with E-state index in [0.29, 0.717) is 26.4 Å². The minimum absolute atomic E-state index is 0.0174. The molecule has 100 valence electrons. The third-order valence-electron chi connectivity index (χ3n) is 2.41. The van der Waals surface area contributed by atoms with Crippen molar-refractivity contribution in [2.24, 2.45) is 4.99 Å². The zero-order valence-corrected chi connectivity index (χ0v) is 12.2. The normalized spacial score (nSPS) is 13.2. The van der Waals surface area contributed by atoms with Gasteiger partial charge in [0.2, 0.25) is 6.08 Å². The van der Waals surface area contributed by atoms with Gasteiger partial charge in [0, 0.05) is 25.4 Å². The van der Waals surface area contributed by atoms with Crippen molar-refractivity contribution in [2.45, 2.75) is 39.7 Å². The van der Waals surface area contributed by atoms with Gasteiger partial charge in [-0.1, -0.05) is 6.92 Å². The van der Waals surface area contributed by atoms with E-state index in [1.54, 1.807) is 6.08 Å². The number of rotatable bonds is 10. The molecule has 0 aliphatic rings. The fourth-order valence-electron chi connectivity index (χ4n) is 1.72. The van der Waals surface area contributed by atoms with E-state index in [4.69, 9.17) is 13.3 Å². The van der Waals surface area contributed by atoms with E-state index in [-0.39, 0.29) is 5.54 Å². The van der Waals surface area contributed by atoms with Crippen molar-refractivity contribution in [2.75, 3.05) is 26.4 Å². The van der Waals surface area contributed by atoms with Crippen LogP contribution in [-0.4, -0.2) is 41.2 Å². The van der Waals surface area contributed by atoms with Gasteiger partial charge in [-0.25, -0.2) is 9.79 Å². The Labute approximate surface area is 105 Å². The molecule has 0 amide bonds. The maximum atomic E-state index is 10.2. The number of aliphatic imine (C=N–C) groups is 1. The molecule has 5 nitrogen and oxygen atoms in total. The topological polar surface area (TPSA) is 57.1 Å². The van der Waals surface area contributed by atoms with Crippen LogP contribution in [0, 0.1) is 0 Å². The molecule has 0 aromatic heterocycles. The highest BCUT2D eigenvalue weighted by molar-refractivity contribution is 6.62. The number of carbonyl (C=O) groups excluding carboxylic acids is 1. The number of isocyanates is 1.